The number of carbonyl (C=O) groups excluding carboxylic acids is 1. The van der Waals surface area contributed by atoms with Crippen LogP contribution in [0.25, 0.3) is 0 Å². The van der Waals surface area contributed by atoms with Crippen molar-refractivity contribution in [3.63, 3.8) is 0 Å². The topological polar surface area (TPSA) is 122 Å². The van der Waals surface area contributed by atoms with Gasteiger partial charge in [0, 0.05) is 31.3 Å². The molecule has 5 N–H and O–H groups in total. The molecule has 0 aromatic heterocycles. The number of nitrogens with two attached hydrogens (primary N) is 2. The molecule has 1 atom stereocenters. The number of amidine groups is 1. The van der Waals surface area contributed by atoms with Crippen LogP contribution in [-0.2, 0) is 11.2 Å². The van der Waals surface area contributed by atoms with E-state index in [0.29, 0.717) is 68.8 Å². The van der Waals surface area contributed by atoms with Gasteiger partial charge in [-0.2, -0.15) is 5.10 Å². The van der Waals surface area contributed by atoms with Crippen LogP contribution in [0.4, 0.5) is 11.4 Å². The van der Waals surface area contributed by atoms with Crippen molar-refractivity contribution in [1.29, 1.82) is 0 Å². The van der Waals surface area contributed by atoms with Gasteiger partial charge in [-0.3, -0.25) is 14.7 Å². The van der Waals surface area contributed by atoms with Crippen LogP contribution in [0.15, 0.2) is 84.0 Å². The smallest absolute Gasteiger partial charge is 0.221 e. The first-order valence-electron chi connectivity index (χ1n) is 14.2. The van der Waals surface area contributed by atoms with E-state index in [9.17, 15) is 4.79 Å². The average molecular weight is 558 g/mol. The van der Waals surface area contributed by atoms with Gasteiger partial charge in [0.1, 0.15) is 13.2 Å². The third-order valence-electron chi connectivity index (χ3n) is 7.57. The third-order valence-corrected chi connectivity index (χ3v) is 7.57. The molecule has 0 aliphatic carbocycles. The number of ether oxygens (including phenoxy) is 2. The number of hydrazone groups is 1. The summed E-state index contributed by atoms with van der Waals surface area (Å²) < 4.78 is 11.5. The first-order chi connectivity index (χ1) is 20.1. The van der Waals surface area contributed by atoms with Gasteiger partial charge < -0.3 is 25.5 Å². The van der Waals surface area contributed by atoms with Crippen LogP contribution in [-0.4, -0.2) is 62.2 Å². The summed E-state index contributed by atoms with van der Waals surface area (Å²) in [7, 11) is 0. The monoisotopic (exact) mass is 557 g/mol. The molecule has 1 unspecified atom stereocenters. The van der Waals surface area contributed by atoms with E-state index in [-0.39, 0.29) is 11.9 Å². The van der Waals surface area contributed by atoms with E-state index in [2.05, 4.69) is 44.5 Å². The second kappa shape index (κ2) is 13.9. The van der Waals surface area contributed by atoms with Crippen molar-refractivity contribution < 1.29 is 14.3 Å². The Kier molecular flexibility index (Phi) is 9.56. The van der Waals surface area contributed by atoms with Crippen LogP contribution < -0.4 is 36.4 Å². The second-order valence-corrected chi connectivity index (χ2v) is 10.2. The van der Waals surface area contributed by atoms with E-state index in [1.807, 2.05) is 54.6 Å². The summed E-state index contributed by atoms with van der Waals surface area (Å²) in [5.74, 6) is 14.8. The van der Waals surface area contributed by atoms with Crippen molar-refractivity contribution in [3.8, 4) is 11.5 Å². The lowest BCUT2D eigenvalue weighted by Crippen LogP contribution is -2.55. The summed E-state index contributed by atoms with van der Waals surface area (Å²) in [5.41, 5.74) is 2.98. The first kappa shape index (κ1) is 28.3. The van der Waals surface area contributed by atoms with E-state index in [4.69, 9.17) is 21.2 Å². The van der Waals surface area contributed by atoms with Gasteiger partial charge in [-0.1, -0.05) is 48.5 Å². The fourth-order valence-electron chi connectivity index (χ4n) is 5.37. The van der Waals surface area contributed by atoms with E-state index >= 15 is 0 Å². The number of hydrogen-bond acceptors (Lipinski definition) is 8. The molecule has 216 valence electrons. The maximum Gasteiger partial charge on any atom is 0.221 e. The molecule has 0 radical (unpaired) electrons. The zero-order valence-electron chi connectivity index (χ0n) is 23.3. The molecule has 2 aliphatic heterocycles. The molecular formula is C31H39N7O3. The Morgan fingerprint density at radius 1 is 0.951 bits per heavy atom. The second-order valence-electron chi connectivity index (χ2n) is 10.2. The number of anilines is 2. The number of nitrogens with zero attached hydrogens (tertiary/aromatic N) is 4. The number of hydrazine groups is 1. The van der Waals surface area contributed by atoms with Gasteiger partial charge in [0.05, 0.1) is 18.4 Å². The zero-order valence-corrected chi connectivity index (χ0v) is 23.3. The van der Waals surface area contributed by atoms with Crippen LogP contribution in [0, 0.1) is 0 Å². The number of aryl methyl sites for hydroxylation is 1. The van der Waals surface area contributed by atoms with E-state index in [0.717, 1.165) is 25.1 Å². The van der Waals surface area contributed by atoms with Gasteiger partial charge in [-0.05, 0) is 55.6 Å². The quantitative estimate of drug-likeness (QED) is 0.175. The Morgan fingerprint density at radius 3 is 2.44 bits per heavy atom. The molecule has 0 saturated carbocycles. The number of nitrogens with one attached hydrogen (secondary N) is 1. The molecule has 3 aromatic carbocycles. The van der Waals surface area contributed by atoms with Gasteiger partial charge in [-0.15, -0.1) is 0 Å². The van der Waals surface area contributed by atoms with Crippen molar-refractivity contribution in [3.05, 3.63) is 84.4 Å². The number of rotatable bonds is 7. The lowest BCUT2D eigenvalue weighted by atomic mass is 10.0. The van der Waals surface area contributed by atoms with Crippen molar-refractivity contribution >= 4 is 23.1 Å². The molecular weight excluding hydrogens is 518 g/mol. The molecule has 10 heteroatoms. The third kappa shape index (κ3) is 7.27. The Bertz CT molecular complexity index is 1310. The number of benzene rings is 3. The minimum atomic E-state index is -0.196. The number of amides is 1. The SMILES string of the molecule is N/N=C(/C(CCc1ccccc1)N1CCCC(=O)NCN(c2ccccc2)CC1)N(N)c1ccc2c(c1)OCCO2. The van der Waals surface area contributed by atoms with E-state index in [1.54, 1.807) is 5.01 Å². The summed E-state index contributed by atoms with van der Waals surface area (Å²) in [6.07, 6.45) is 2.72. The van der Waals surface area contributed by atoms with Crippen molar-refractivity contribution in [2.24, 2.45) is 16.8 Å². The maximum atomic E-state index is 12.6. The molecule has 1 saturated heterocycles. The average Bonchev–Trinajstić information content (AvgIpc) is 3.02. The Morgan fingerprint density at radius 2 is 1.68 bits per heavy atom. The van der Waals surface area contributed by atoms with E-state index < -0.39 is 0 Å². The van der Waals surface area contributed by atoms with Crippen molar-refractivity contribution in [2.45, 2.75) is 31.7 Å². The molecule has 2 aliphatic rings. The highest BCUT2D eigenvalue weighted by Crippen LogP contribution is 2.34. The van der Waals surface area contributed by atoms with Gasteiger partial charge in [0.15, 0.2) is 17.3 Å². The normalized spacial score (nSPS) is 17.4. The molecule has 3 aromatic rings. The molecule has 10 nitrogen and oxygen atoms in total. The summed E-state index contributed by atoms with van der Waals surface area (Å²) in [4.78, 5) is 17.2. The summed E-state index contributed by atoms with van der Waals surface area (Å²) in [6.45, 7) is 3.59. The number of carbonyl (C=O) groups is 1. The maximum absolute atomic E-state index is 12.6. The minimum Gasteiger partial charge on any atom is -0.486 e. The lowest BCUT2D eigenvalue weighted by Gasteiger charge is -2.38. The molecule has 0 spiro atoms. The molecule has 41 heavy (non-hydrogen) atoms. The molecule has 0 bridgehead atoms. The summed E-state index contributed by atoms with van der Waals surface area (Å²) in [5, 5.41) is 8.88. The van der Waals surface area contributed by atoms with Gasteiger partial charge >= 0.3 is 0 Å². The molecule has 2 heterocycles. The number of para-hydroxylation sites is 1. The standard InChI is InChI=1S/C31H39N7O3/c32-35-31(38(33)26-14-16-28-29(22-26)41-21-20-40-28)27(15-13-24-8-3-1-4-9-24)36-17-7-12-30(39)34-23-37(19-18-36)25-10-5-2-6-11-25/h1-6,8-11,14,16,22,27H,7,12-13,15,17-21,23,32-33H2,(H,34,39)/b35-31-. The number of fused-ring (bicyclic) bond motifs is 1. The van der Waals surface area contributed by atoms with Crippen LogP contribution >= 0.6 is 0 Å². The highest BCUT2D eigenvalue weighted by atomic mass is 16.6. The van der Waals surface area contributed by atoms with Crippen LogP contribution in [0.2, 0.25) is 0 Å². The van der Waals surface area contributed by atoms with Crippen LogP contribution in [0.1, 0.15) is 24.8 Å². The highest BCUT2D eigenvalue weighted by molar-refractivity contribution is 6.00. The molecule has 1 fully saturated rings. The lowest BCUT2D eigenvalue weighted by molar-refractivity contribution is -0.121. The zero-order chi connectivity index (χ0) is 28.4. The Balaban J connectivity index is 1.43. The predicted molar refractivity (Wildman–Crippen MR) is 162 cm³/mol. The largest absolute Gasteiger partial charge is 0.486 e. The van der Waals surface area contributed by atoms with Gasteiger partial charge in [-0.25, -0.2) is 5.84 Å². The van der Waals surface area contributed by atoms with Gasteiger partial charge in [0.25, 0.3) is 0 Å². The summed E-state index contributed by atoms with van der Waals surface area (Å²) >= 11 is 0. The molecule has 5 rings (SSSR count). The summed E-state index contributed by atoms with van der Waals surface area (Å²) in [6, 6.07) is 25.9. The predicted octanol–water partition coefficient (Wildman–Crippen LogP) is 3.09. The van der Waals surface area contributed by atoms with Gasteiger partial charge in [0.2, 0.25) is 5.91 Å². The molecule has 1 amide bonds. The fraction of sp³-hybridized carbons (Fsp3) is 0.355. The Labute approximate surface area is 241 Å². The van der Waals surface area contributed by atoms with E-state index in [1.165, 1.54) is 5.56 Å². The fourth-order valence-corrected chi connectivity index (χ4v) is 5.37. The highest BCUT2D eigenvalue weighted by Gasteiger charge is 2.29. The van der Waals surface area contributed by atoms with Crippen molar-refractivity contribution in [2.75, 3.05) is 49.4 Å². The van der Waals surface area contributed by atoms with Crippen LogP contribution in [0.5, 0.6) is 11.5 Å². The van der Waals surface area contributed by atoms with Crippen LogP contribution in [0.3, 0.4) is 0 Å². The number of hydrogen-bond donors (Lipinski definition) is 3. The minimum absolute atomic E-state index is 0.0399. The first-order valence-corrected chi connectivity index (χ1v) is 14.2. The Hall–Kier alpha value is -4.28. The van der Waals surface area contributed by atoms with Crippen molar-refractivity contribution in [1.82, 2.24) is 10.2 Å².